The van der Waals surface area contributed by atoms with Crippen LogP contribution in [0.3, 0.4) is 0 Å². The molecule has 1 aliphatic rings. The van der Waals surface area contributed by atoms with Crippen molar-refractivity contribution in [2.75, 3.05) is 18.4 Å². The number of carbonyl (C=O) groups is 1. The maximum Gasteiger partial charge on any atom is 0.241 e. The van der Waals surface area contributed by atoms with Gasteiger partial charge in [0.2, 0.25) is 5.91 Å². The molecule has 0 bridgehead atoms. The van der Waals surface area contributed by atoms with E-state index in [1.807, 2.05) is 32.0 Å². The smallest absolute Gasteiger partial charge is 0.241 e. The lowest BCUT2D eigenvalue weighted by atomic mass is 10.1. The molecular formula is C16H25ClN2O. The summed E-state index contributed by atoms with van der Waals surface area (Å²) in [5, 5.41) is 3.13. The van der Waals surface area contributed by atoms with E-state index in [1.165, 1.54) is 0 Å². The van der Waals surface area contributed by atoms with Crippen molar-refractivity contribution < 1.29 is 4.79 Å². The molecule has 1 aromatic carbocycles. The highest BCUT2D eigenvalue weighted by Crippen LogP contribution is 2.23. The highest BCUT2D eigenvalue weighted by Gasteiger charge is 2.30. The van der Waals surface area contributed by atoms with Crippen molar-refractivity contribution in [1.82, 2.24) is 4.90 Å². The van der Waals surface area contributed by atoms with Crippen molar-refractivity contribution in [3.63, 3.8) is 0 Å². The number of benzene rings is 1. The Balaban J connectivity index is 0.00000200. The molecule has 1 aliphatic heterocycles. The van der Waals surface area contributed by atoms with Crippen LogP contribution in [-0.4, -0.2) is 29.9 Å². The minimum absolute atomic E-state index is 0. The van der Waals surface area contributed by atoms with Crippen LogP contribution < -0.4 is 5.32 Å². The van der Waals surface area contributed by atoms with E-state index in [0.29, 0.717) is 0 Å². The molecule has 0 radical (unpaired) electrons. The van der Waals surface area contributed by atoms with Gasteiger partial charge in [-0.2, -0.15) is 0 Å². The highest BCUT2D eigenvalue weighted by molar-refractivity contribution is 5.96. The van der Waals surface area contributed by atoms with Crippen LogP contribution in [0.1, 0.15) is 37.3 Å². The predicted octanol–water partition coefficient (Wildman–Crippen LogP) is 3.54. The second-order valence-corrected chi connectivity index (χ2v) is 5.45. The van der Waals surface area contributed by atoms with Crippen LogP contribution in [0.15, 0.2) is 18.2 Å². The van der Waals surface area contributed by atoms with E-state index < -0.39 is 0 Å². The van der Waals surface area contributed by atoms with Crippen molar-refractivity contribution in [3.05, 3.63) is 29.3 Å². The first-order valence-electron chi connectivity index (χ1n) is 7.24. The van der Waals surface area contributed by atoms with Crippen LogP contribution in [0.4, 0.5) is 5.69 Å². The topological polar surface area (TPSA) is 32.3 Å². The number of anilines is 1. The lowest BCUT2D eigenvalue weighted by molar-refractivity contribution is -0.120. The Kier molecular flexibility index (Phi) is 6.50. The number of nitrogens with one attached hydrogen (secondary N) is 1. The molecule has 3 nitrogen and oxygen atoms in total. The quantitative estimate of drug-likeness (QED) is 0.922. The first-order valence-corrected chi connectivity index (χ1v) is 7.24. The van der Waals surface area contributed by atoms with Gasteiger partial charge in [-0.15, -0.1) is 12.4 Å². The van der Waals surface area contributed by atoms with E-state index in [1.54, 1.807) is 0 Å². The van der Waals surface area contributed by atoms with Crippen LogP contribution >= 0.6 is 12.4 Å². The zero-order valence-electron chi connectivity index (χ0n) is 12.6. The number of halogens is 1. The number of rotatable bonds is 4. The first kappa shape index (κ1) is 17.0. The summed E-state index contributed by atoms with van der Waals surface area (Å²) >= 11 is 0. The van der Waals surface area contributed by atoms with Gasteiger partial charge in [-0.3, -0.25) is 9.69 Å². The molecule has 2 rings (SSSR count). The van der Waals surface area contributed by atoms with Crippen LogP contribution in [0.2, 0.25) is 0 Å². The predicted molar refractivity (Wildman–Crippen MR) is 86.7 cm³/mol. The van der Waals surface area contributed by atoms with Crippen molar-refractivity contribution in [1.29, 1.82) is 0 Å². The van der Waals surface area contributed by atoms with Gasteiger partial charge in [-0.05, 0) is 57.3 Å². The van der Waals surface area contributed by atoms with Gasteiger partial charge < -0.3 is 5.32 Å². The van der Waals surface area contributed by atoms with E-state index in [9.17, 15) is 4.79 Å². The Hall–Kier alpha value is -1.06. The average molecular weight is 297 g/mol. The largest absolute Gasteiger partial charge is 0.324 e. The van der Waals surface area contributed by atoms with Gasteiger partial charge in [-0.1, -0.05) is 25.1 Å². The Labute approximate surface area is 128 Å². The van der Waals surface area contributed by atoms with Gasteiger partial charge >= 0.3 is 0 Å². The summed E-state index contributed by atoms with van der Waals surface area (Å²) in [6.45, 7) is 8.32. The van der Waals surface area contributed by atoms with Gasteiger partial charge in [0.05, 0.1) is 6.04 Å². The van der Waals surface area contributed by atoms with Gasteiger partial charge in [0, 0.05) is 5.69 Å². The number of hydrogen-bond donors (Lipinski definition) is 1. The van der Waals surface area contributed by atoms with Crippen LogP contribution in [0, 0.1) is 13.8 Å². The second-order valence-electron chi connectivity index (χ2n) is 5.45. The first-order chi connectivity index (χ1) is 9.13. The molecule has 1 unspecified atom stereocenters. The normalized spacial score (nSPS) is 18.6. The molecule has 1 heterocycles. The van der Waals surface area contributed by atoms with E-state index in [0.717, 1.165) is 49.2 Å². The fourth-order valence-corrected chi connectivity index (χ4v) is 2.90. The minimum atomic E-state index is 0. The van der Waals surface area contributed by atoms with Crippen LogP contribution in [0.5, 0.6) is 0 Å². The standard InChI is InChI=1S/C16H24N2O.ClH/c1-4-10-18-11-6-9-14(18)16(19)17-15-12(2)7-5-8-13(15)3;/h5,7-8,14H,4,6,9-11H2,1-3H3,(H,17,19);1H. The summed E-state index contributed by atoms with van der Waals surface area (Å²) < 4.78 is 0. The summed E-state index contributed by atoms with van der Waals surface area (Å²) in [6.07, 6.45) is 3.22. The van der Waals surface area contributed by atoms with Crippen LogP contribution in [0.25, 0.3) is 0 Å². The lowest BCUT2D eigenvalue weighted by Gasteiger charge is -2.23. The lowest BCUT2D eigenvalue weighted by Crippen LogP contribution is -2.40. The van der Waals surface area contributed by atoms with Crippen molar-refractivity contribution in [2.24, 2.45) is 0 Å². The Bertz CT molecular complexity index is 442. The summed E-state index contributed by atoms with van der Waals surface area (Å²) in [7, 11) is 0. The SMILES string of the molecule is CCCN1CCCC1C(=O)Nc1c(C)cccc1C.Cl. The maximum absolute atomic E-state index is 12.5. The van der Waals surface area contributed by atoms with Gasteiger partial charge in [0.25, 0.3) is 0 Å². The molecule has 4 heteroatoms. The molecule has 1 aromatic rings. The molecule has 1 atom stereocenters. The van der Waals surface area contributed by atoms with Gasteiger partial charge in [0.15, 0.2) is 0 Å². The number of nitrogens with zero attached hydrogens (tertiary/aromatic N) is 1. The molecule has 1 fully saturated rings. The van der Waals surface area contributed by atoms with E-state index in [-0.39, 0.29) is 24.4 Å². The van der Waals surface area contributed by atoms with Crippen molar-refractivity contribution >= 4 is 24.0 Å². The van der Waals surface area contributed by atoms with Crippen molar-refractivity contribution in [3.8, 4) is 0 Å². The zero-order chi connectivity index (χ0) is 13.8. The van der Waals surface area contributed by atoms with Crippen molar-refractivity contribution in [2.45, 2.75) is 46.1 Å². The van der Waals surface area contributed by atoms with Crippen LogP contribution in [-0.2, 0) is 4.79 Å². The maximum atomic E-state index is 12.5. The van der Waals surface area contributed by atoms with Gasteiger partial charge in [0.1, 0.15) is 0 Å². The molecule has 1 N–H and O–H groups in total. The highest BCUT2D eigenvalue weighted by atomic mass is 35.5. The Morgan fingerprint density at radius 3 is 2.60 bits per heavy atom. The number of aryl methyl sites for hydroxylation is 2. The number of carbonyl (C=O) groups excluding carboxylic acids is 1. The Morgan fingerprint density at radius 1 is 1.35 bits per heavy atom. The fourth-order valence-electron chi connectivity index (χ4n) is 2.90. The number of hydrogen-bond acceptors (Lipinski definition) is 2. The number of likely N-dealkylation sites (tertiary alicyclic amines) is 1. The summed E-state index contributed by atoms with van der Waals surface area (Å²) in [5.74, 6) is 0.156. The molecular weight excluding hydrogens is 272 g/mol. The third-order valence-corrected chi connectivity index (χ3v) is 3.91. The third-order valence-electron chi connectivity index (χ3n) is 3.91. The summed E-state index contributed by atoms with van der Waals surface area (Å²) in [4.78, 5) is 14.8. The summed E-state index contributed by atoms with van der Waals surface area (Å²) in [6, 6.07) is 6.17. The zero-order valence-corrected chi connectivity index (χ0v) is 13.4. The molecule has 0 aliphatic carbocycles. The third kappa shape index (κ3) is 3.74. The molecule has 0 spiro atoms. The summed E-state index contributed by atoms with van der Waals surface area (Å²) in [5.41, 5.74) is 3.25. The average Bonchev–Trinajstić information content (AvgIpc) is 2.83. The van der Waals surface area contributed by atoms with E-state index in [2.05, 4.69) is 17.1 Å². The fraction of sp³-hybridized carbons (Fsp3) is 0.562. The van der Waals surface area contributed by atoms with Gasteiger partial charge in [-0.25, -0.2) is 0 Å². The molecule has 0 saturated carbocycles. The molecule has 112 valence electrons. The second kappa shape index (κ2) is 7.65. The number of amides is 1. The monoisotopic (exact) mass is 296 g/mol. The van der Waals surface area contributed by atoms with E-state index >= 15 is 0 Å². The minimum Gasteiger partial charge on any atom is -0.324 e. The number of para-hydroxylation sites is 1. The Morgan fingerprint density at radius 2 is 2.00 bits per heavy atom. The van der Waals surface area contributed by atoms with E-state index in [4.69, 9.17) is 0 Å². The molecule has 1 amide bonds. The molecule has 0 aromatic heterocycles. The molecule has 20 heavy (non-hydrogen) atoms. The molecule has 1 saturated heterocycles.